The zero-order valence-electron chi connectivity index (χ0n) is 16.8. The topological polar surface area (TPSA) is 75.7 Å². The first-order chi connectivity index (χ1) is 14.5. The highest BCUT2D eigenvalue weighted by Crippen LogP contribution is 2.35. The van der Waals surface area contributed by atoms with Gasteiger partial charge in [-0.1, -0.05) is 48.5 Å². The molecule has 0 saturated heterocycles. The molecule has 0 bridgehead atoms. The first kappa shape index (κ1) is 19.6. The van der Waals surface area contributed by atoms with Crippen molar-refractivity contribution in [3.63, 3.8) is 0 Å². The Bertz CT molecular complexity index is 1130. The minimum Gasteiger partial charge on any atom is -0.467 e. The normalized spacial score (nSPS) is 16.7. The van der Waals surface area contributed by atoms with Crippen LogP contribution in [0, 0.1) is 0 Å². The van der Waals surface area contributed by atoms with Gasteiger partial charge in [0.05, 0.1) is 7.11 Å². The molecular formula is C24H22N2O4. The van der Waals surface area contributed by atoms with Crippen molar-refractivity contribution in [1.29, 1.82) is 0 Å². The lowest BCUT2D eigenvalue weighted by Crippen LogP contribution is -2.57. The Labute approximate surface area is 174 Å². The Kier molecular flexibility index (Phi) is 5.23. The van der Waals surface area contributed by atoms with E-state index in [0.717, 1.165) is 16.3 Å². The van der Waals surface area contributed by atoms with Crippen molar-refractivity contribution in [2.75, 3.05) is 12.0 Å². The molecule has 1 N–H and O–H groups in total. The molecule has 0 radical (unpaired) electrons. The van der Waals surface area contributed by atoms with E-state index in [9.17, 15) is 14.4 Å². The fourth-order valence-corrected chi connectivity index (χ4v) is 3.96. The third-order valence-electron chi connectivity index (χ3n) is 5.49. The van der Waals surface area contributed by atoms with Crippen molar-refractivity contribution in [3.05, 3.63) is 77.9 Å². The molecule has 2 atom stereocenters. The van der Waals surface area contributed by atoms with Crippen molar-refractivity contribution in [1.82, 2.24) is 5.32 Å². The van der Waals surface area contributed by atoms with E-state index >= 15 is 0 Å². The van der Waals surface area contributed by atoms with Gasteiger partial charge in [-0.25, -0.2) is 4.79 Å². The predicted molar refractivity (Wildman–Crippen MR) is 114 cm³/mol. The minimum atomic E-state index is -0.821. The van der Waals surface area contributed by atoms with Crippen LogP contribution in [0.5, 0.6) is 0 Å². The van der Waals surface area contributed by atoms with Gasteiger partial charge in [-0.05, 0) is 41.5 Å². The van der Waals surface area contributed by atoms with E-state index in [1.165, 1.54) is 12.0 Å². The Morgan fingerprint density at radius 1 is 1.03 bits per heavy atom. The standard InChI is InChI=1S/C24H22N2O4/c1-15(24(29)30-2)26-21-13-12-16-8-6-7-11-18(16)19(21)14-20(23(26)28)25-22(27)17-9-4-3-5-10-17/h3-13,15,20H,14H2,1-2H3,(H,25,27)/t15-,20+/m0/s1. The summed E-state index contributed by atoms with van der Waals surface area (Å²) in [5, 5.41) is 4.87. The molecule has 0 aromatic heterocycles. The molecule has 0 spiro atoms. The third kappa shape index (κ3) is 3.41. The number of anilines is 1. The van der Waals surface area contributed by atoms with Crippen LogP contribution < -0.4 is 10.2 Å². The Hall–Kier alpha value is -3.67. The van der Waals surface area contributed by atoms with E-state index in [1.807, 2.05) is 42.5 Å². The molecule has 1 aliphatic rings. The molecule has 1 heterocycles. The van der Waals surface area contributed by atoms with E-state index in [1.54, 1.807) is 31.2 Å². The zero-order valence-corrected chi connectivity index (χ0v) is 16.8. The Morgan fingerprint density at radius 3 is 2.47 bits per heavy atom. The van der Waals surface area contributed by atoms with E-state index in [0.29, 0.717) is 17.7 Å². The van der Waals surface area contributed by atoms with Gasteiger partial charge < -0.3 is 10.1 Å². The van der Waals surface area contributed by atoms with E-state index in [2.05, 4.69) is 5.32 Å². The van der Waals surface area contributed by atoms with E-state index in [4.69, 9.17) is 4.74 Å². The molecule has 3 aromatic carbocycles. The molecule has 0 saturated carbocycles. The highest BCUT2D eigenvalue weighted by Gasteiger charge is 2.39. The number of carbonyl (C=O) groups excluding carboxylic acids is 3. The molecule has 152 valence electrons. The lowest BCUT2D eigenvalue weighted by Gasteiger charge is -2.37. The molecule has 4 rings (SSSR count). The molecule has 2 amide bonds. The Morgan fingerprint density at radius 2 is 1.73 bits per heavy atom. The Balaban J connectivity index is 1.77. The summed E-state index contributed by atoms with van der Waals surface area (Å²) in [7, 11) is 1.29. The van der Waals surface area contributed by atoms with Gasteiger partial charge in [0.2, 0.25) is 0 Å². The summed E-state index contributed by atoms with van der Waals surface area (Å²) in [6.07, 6.45) is 0.346. The molecule has 3 aromatic rings. The summed E-state index contributed by atoms with van der Waals surface area (Å²) in [5.41, 5.74) is 2.06. The van der Waals surface area contributed by atoms with E-state index in [-0.39, 0.29) is 11.8 Å². The number of hydrogen-bond acceptors (Lipinski definition) is 4. The molecule has 30 heavy (non-hydrogen) atoms. The highest BCUT2D eigenvalue weighted by atomic mass is 16.5. The summed E-state index contributed by atoms with van der Waals surface area (Å²) >= 11 is 0. The molecule has 0 unspecified atom stereocenters. The van der Waals surface area contributed by atoms with Gasteiger partial charge in [-0.2, -0.15) is 0 Å². The number of amides is 2. The lowest BCUT2D eigenvalue weighted by molar-refractivity contribution is -0.143. The van der Waals surface area contributed by atoms with Gasteiger partial charge in [-0.3, -0.25) is 14.5 Å². The average molecular weight is 402 g/mol. The number of methoxy groups -OCH3 is 1. The number of ether oxygens (including phenoxy) is 1. The van der Waals surface area contributed by atoms with Gasteiger partial charge in [0.15, 0.2) is 0 Å². The monoisotopic (exact) mass is 402 g/mol. The fraction of sp³-hybridized carbons (Fsp3) is 0.208. The summed E-state index contributed by atoms with van der Waals surface area (Å²) in [6, 6.07) is 18.8. The van der Waals surface area contributed by atoms with Crippen LogP contribution in [0.3, 0.4) is 0 Å². The maximum absolute atomic E-state index is 13.4. The smallest absolute Gasteiger partial charge is 0.328 e. The van der Waals surface area contributed by atoms with Crippen molar-refractivity contribution in [3.8, 4) is 0 Å². The number of nitrogens with one attached hydrogen (secondary N) is 1. The summed E-state index contributed by atoms with van der Waals surface area (Å²) in [5.74, 6) is -1.18. The molecular weight excluding hydrogens is 380 g/mol. The molecule has 0 fully saturated rings. The van der Waals surface area contributed by atoms with Crippen molar-refractivity contribution < 1.29 is 19.1 Å². The zero-order chi connectivity index (χ0) is 21.3. The lowest BCUT2D eigenvalue weighted by atomic mass is 9.91. The van der Waals surface area contributed by atoms with Crippen LogP contribution >= 0.6 is 0 Å². The summed E-state index contributed by atoms with van der Waals surface area (Å²) in [4.78, 5) is 39.8. The first-order valence-corrected chi connectivity index (χ1v) is 9.78. The largest absolute Gasteiger partial charge is 0.467 e. The second kappa shape index (κ2) is 7.99. The third-order valence-corrected chi connectivity index (χ3v) is 5.49. The second-order valence-electron chi connectivity index (χ2n) is 7.29. The number of benzene rings is 3. The quantitative estimate of drug-likeness (QED) is 0.681. The van der Waals surface area contributed by atoms with Crippen LogP contribution in [0.25, 0.3) is 10.8 Å². The molecule has 6 nitrogen and oxygen atoms in total. The van der Waals surface area contributed by atoms with Gasteiger partial charge in [0.1, 0.15) is 12.1 Å². The number of rotatable bonds is 4. The van der Waals surface area contributed by atoms with Crippen LogP contribution in [0.15, 0.2) is 66.7 Å². The van der Waals surface area contributed by atoms with Crippen LogP contribution in [0.1, 0.15) is 22.8 Å². The van der Waals surface area contributed by atoms with Crippen molar-refractivity contribution in [2.24, 2.45) is 0 Å². The fourth-order valence-electron chi connectivity index (χ4n) is 3.96. The minimum absolute atomic E-state index is 0.330. The number of nitrogens with zero attached hydrogens (tertiary/aromatic N) is 1. The van der Waals surface area contributed by atoms with Gasteiger partial charge >= 0.3 is 5.97 Å². The number of carbonyl (C=O) groups is 3. The maximum atomic E-state index is 13.4. The van der Waals surface area contributed by atoms with Crippen LogP contribution in [0.4, 0.5) is 5.69 Å². The van der Waals surface area contributed by atoms with E-state index < -0.39 is 18.1 Å². The predicted octanol–water partition coefficient (Wildman–Crippen LogP) is 3.09. The maximum Gasteiger partial charge on any atom is 0.328 e. The highest BCUT2D eigenvalue weighted by molar-refractivity contribution is 6.09. The van der Waals surface area contributed by atoms with Crippen LogP contribution in [-0.2, 0) is 20.7 Å². The van der Waals surface area contributed by atoms with Gasteiger partial charge in [-0.15, -0.1) is 0 Å². The number of esters is 1. The number of hydrogen-bond donors (Lipinski definition) is 1. The van der Waals surface area contributed by atoms with Crippen molar-refractivity contribution in [2.45, 2.75) is 25.4 Å². The first-order valence-electron chi connectivity index (χ1n) is 9.78. The van der Waals surface area contributed by atoms with Crippen LogP contribution in [-0.4, -0.2) is 37.0 Å². The van der Waals surface area contributed by atoms with Crippen LogP contribution in [0.2, 0.25) is 0 Å². The molecule has 6 heteroatoms. The average Bonchev–Trinajstić information content (AvgIpc) is 2.79. The molecule has 1 aliphatic heterocycles. The number of fused-ring (bicyclic) bond motifs is 3. The summed E-state index contributed by atoms with van der Waals surface area (Å²) < 4.78 is 4.88. The second-order valence-corrected chi connectivity index (χ2v) is 7.29. The van der Waals surface area contributed by atoms with Gasteiger partial charge in [0.25, 0.3) is 11.8 Å². The van der Waals surface area contributed by atoms with Gasteiger partial charge in [0, 0.05) is 17.7 Å². The van der Waals surface area contributed by atoms with Crippen molar-refractivity contribution >= 4 is 34.2 Å². The summed E-state index contributed by atoms with van der Waals surface area (Å²) in [6.45, 7) is 1.63. The molecule has 0 aliphatic carbocycles. The SMILES string of the molecule is COC(=O)[C@H](C)N1C(=O)[C@H](NC(=O)c2ccccc2)Cc2c1ccc1ccccc21.